The summed E-state index contributed by atoms with van der Waals surface area (Å²) in [5.74, 6) is -1.46. The third-order valence-corrected chi connectivity index (χ3v) is 3.33. The maximum absolute atomic E-state index is 13.0. The lowest BCUT2D eigenvalue weighted by atomic mass is 10.2. The lowest BCUT2D eigenvalue weighted by molar-refractivity contribution is -0.122. The van der Waals surface area contributed by atoms with Crippen LogP contribution in [0.5, 0.6) is 5.75 Å². The van der Waals surface area contributed by atoms with Gasteiger partial charge in [-0.2, -0.15) is 0 Å². The van der Waals surface area contributed by atoms with Crippen molar-refractivity contribution in [2.45, 2.75) is 13.0 Å². The molecule has 0 bridgehead atoms. The van der Waals surface area contributed by atoms with Crippen LogP contribution >= 0.6 is 11.6 Å². The number of rotatable bonds is 5. The lowest BCUT2D eigenvalue weighted by Crippen LogP contribution is -2.31. The minimum absolute atomic E-state index is 0.0723. The van der Waals surface area contributed by atoms with E-state index in [1.54, 1.807) is 12.1 Å². The molecule has 0 aromatic heterocycles. The van der Waals surface area contributed by atoms with Crippen LogP contribution < -0.4 is 15.8 Å². The van der Waals surface area contributed by atoms with Gasteiger partial charge in [0, 0.05) is 0 Å². The fourth-order valence-corrected chi connectivity index (χ4v) is 2.06. The van der Waals surface area contributed by atoms with Crippen LogP contribution in [-0.4, -0.2) is 17.9 Å². The summed E-state index contributed by atoms with van der Waals surface area (Å²) < 4.78 is 18.5. The number of nitrogens with two attached hydrogens (primary N) is 1. The van der Waals surface area contributed by atoms with Gasteiger partial charge in [0.05, 0.1) is 16.3 Å². The maximum Gasteiger partial charge on any atom is 0.265 e. The van der Waals surface area contributed by atoms with Gasteiger partial charge in [-0.25, -0.2) is 4.39 Å². The number of anilines is 1. The lowest BCUT2D eigenvalue weighted by Gasteiger charge is -2.16. The molecule has 3 N–H and O–H groups in total. The Labute approximate surface area is 137 Å². The number of hydrogen-bond acceptors (Lipinski definition) is 3. The van der Waals surface area contributed by atoms with Gasteiger partial charge in [-0.05, 0) is 37.3 Å². The van der Waals surface area contributed by atoms with Crippen molar-refractivity contribution in [2.24, 2.45) is 5.73 Å². The molecule has 1 unspecified atom stereocenters. The van der Waals surface area contributed by atoms with Gasteiger partial charge in [0.25, 0.3) is 11.8 Å². The first kappa shape index (κ1) is 16.8. The van der Waals surface area contributed by atoms with E-state index in [9.17, 15) is 14.0 Å². The summed E-state index contributed by atoms with van der Waals surface area (Å²) in [6, 6.07) is 9.94. The Bertz CT molecular complexity index is 752. The number of amides is 2. The number of carbonyl (C=O) groups excluding carboxylic acids is 2. The molecular weight excluding hydrogens is 323 g/mol. The number of halogens is 2. The second-order valence-corrected chi connectivity index (χ2v) is 5.14. The molecule has 120 valence electrons. The van der Waals surface area contributed by atoms with E-state index >= 15 is 0 Å². The Balaban J connectivity index is 2.10. The molecule has 0 heterocycles. The van der Waals surface area contributed by atoms with Gasteiger partial charge in [-0.15, -0.1) is 0 Å². The van der Waals surface area contributed by atoms with Gasteiger partial charge in [-0.1, -0.05) is 23.7 Å². The zero-order valence-corrected chi connectivity index (χ0v) is 12.9. The van der Waals surface area contributed by atoms with Crippen LogP contribution in [0.25, 0.3) is 0 Å². The molecule has 0 saturated heterocycles. The molecule has 0 radical (unpaired) electrons. The number of carbonyl (C=O) groups is 2. The quantitative estimate of drug-likeness (QED) is 0.880. The van der Waals surface area contributed by atoms with Crippen LogP contribution in [-0.2, 0) is 4.79 Å². The van der Waals surface area contributed by atoms with E-state index in [0.29, 0.717) is 0 Å². The van der Waals surface area contributed by atoms with Crippen molar-refractivity contribution in [3.63, 3.8) is 0 Å². The average Bonchev–Trinajstić information content (AvgIpc) is 2.50. The van der Waals surface area contributed by atoms with Crippen LogP contribution in [0.1, 0.15) is 17.3 Å². The fourth-order valence-electron chi connectivity index (χ4n) is 1.84. The topological polar surface area (TPSA) is 81.4 Å². The van der Waals surface area contributed by atoms with Crippen LogP contribution in [0, 0.1) is 5.82 Å². The molecule has 5 nitrogen and oxygen atoms in total. The van der Waals surface area contributed by atoms with Crippen molar-refractivity contribution in [3.8, 4) is 5.75 Å². The minimum Gasteiger partial charge on any atom is -0.480 e. The van der Waals surface area contributed by atoms with E-state index in [4.69, 9.17) is 22.1 Å². The SMILES string of the molecule is CC(Oc1ccccc1C(N)=O)C(=O)Nc1ccc(F)cc1Cl. The molecule has 0 saturated carbocycles. The molecule has 2 aromatic carbocycles. The zero-order chi connectivity index (χ0) is 17.0. The summed E-state index contributed by atoms with van der Waals surface area (Å²) in [5.41, 5.74) is 5.69. The Morgan fingerprint density at radius 3 is 2.61 bits per heavy atom. The van der Waals surface area contributed by atoms with E-state index in [1.165, 1.54) is 31.2 Å². The molecule has 0 aliphatic heterocycles. The van der Waals surface area contributed by atoms with E-state index < -0.39 is 23.7 Å². The van der Waals surface area contributed by atoms with Crippen LogP contribution in [0.4, 0.5) is 10.1 Å². The Morgan fingerprint density at radius 1 is 1.26 bits per heavy atom. The summed E-state index contributed by atoms with van der Waals surface area (Å²) in [4.78, 5) is 23.5. The summed E-state index contributed by atoms with van der Waals surface area (Å²) in [7, 11) is 0. The smallest absolute Gasteiger partial charge is 0.265 e. The van der Waals surface area contributed by atoms with Crippen molar-refractivity contribution in [1.29, 1.82) is 0 Å². The molecule has 7 heteroatoms. The summed E-state index contributed by atoms with van der Waals surface area (Å²) in [6.07, 6.45) is -0.920. The molecular formula is C16H14ClFN2O3. The Hall–Kier alpha value is -2.60. The Morgan fingerprint density at radius 2 is 1.96 bits per heavy atom. The van der Waals surface area contributed by atoms with Gasteiger partial charge in [0.1, 0.15) is 11.6 Å². The predicted molar refractivity (Wildman–Crippen MR) is 85.1 cm³/mol. The molecule has 2 aromatic rings. The number of primary amides is 1. The van der Waals surface area contributed by atoms with Gasteiger partial charge >= 0.3 is 0 Å². The first-order chi connectivity index (χ1) is 10.9. The summed E-state index contributed by atoms with van der Waals surface area (Å²) in [6.45, 7) is 1.50. The summed E-state index contributed by atoms with van der Waals surface area (Å²) in [5, 5.41) is 2.60. The second kappa shape index (κ2) is 7.11. The molecule has 23 heavy (non-hydrogen) atoms. The number of ether oxygens (including phenoxy) is 1. The van der Waals surface area contributed by atoms with E-state index in [0.717, 1.165) is 6.07 Å². The van der Waals surface area contributed by atoms with Crippen LogP contribution in [0.15, 0.2) is 42.5 Å². The highest BCUT2D eigenvalue weighted by Gasteiger charge is 2.18. The highest BCUT2D eigenvalue weighted by atomic mass is 35.5. The average molecular weight is 337 g/mol. The Kier molecular flexibility index (Phi) is 5.18. The zero-order valence-electron chi connectivity index (χ0n) is 12.2. The molecule has 2 amide bonds. The monoisotopic (exact) mass is 336 g/mol. The predicted octanol–water partition coefficient (Wildman–Crippen LogP) is 2.98. The molecule has 0 fully saturated rings. The molecule has 2 rings (SSSR count). The van der Waals surface area contributed by atoms with Crippen molar-refractivity contribution < 1.29 is 18.7 Å². The van der Waals surface area contributed by atoms with Crippen molar-refractivity contribution in [1.82, 2.24) is 0 Å². The number of para-hydroxylation sites is 1. The number of hydrogen-bond donors (Lipinski definition) is 2. The molecule has 0 aliphatic carbocycles. The normalized spacial score (nSPS) is 11.6. The summed E-state index contributed by atoms with van der Waals surface area (Å²) >= 11 is 5.85. The van der Waals surface area contributed by atoms with Gasteiger partial charge < -0.3 is 15.8 Å². The van der Waals surface area contributed by atoms with Crippen molar-refractivity contribution in [2.75, 3.05) is 5.32 Å². The van der Waals surface area contributed by atoms with E-state index in [2.05, 4.69) is 5.32 Å². The maximum atomic E-state index is 13.0. The highest BCUT2D eigenvalue weighted by Crippen LogP contribution is 2.23. The van der Waals surface area contributed by atoms with Crippen molar-refractivity contribution >= 4 is 29.1 Å². The molecule has 1 atom stereocenters. The largest absolute Gasteiger partial charge is 0.480 e. The number of benzene rings is 2. The minimum atomic E-state index is -0.920. The molecule has 0 aliphatic rings. The fraction of sp³-hybridized carbons (Fsp3) is 0.125. The van der Waals surface area contributed by atoms with E-state index in [1.807, 2.05) is 0 Å². The first-order valence-corrected chi connectivity index (χ1v) is 7.07. The van der Waals surface area contributed by atoms with Crippen LogP contribution in [0.3, 0.4) is 0 Å². The third-order valence-electron chi connectivity index (χ3n) is 3.01. The highest BCUT2D eigenvalue weighted by molar-refractivity contribution is 6.33. The standard InChI is InChI=1S/C16H14ClFN2O3/c1-9(23-14-5-3-2-4-11(14)15(19)21)16(22)20-13-7-6-10(18)8-12(13)17/h2-9H,1H3,(H2,19,21)(H,20,22). The van der Waals surface area contributed by atoms with Gasteiger partial charge in [0.15, 0.2) is 6.10 Å². The molecule has 0 spiro atoms. The number of nitrogens with one attached hydrogen (secondary N) is 1. The van der Waals surface area contributed by atoms with Gasteiger partial charge in [-0.3, -0.25) is 9.59 Å². The van der Waals surface area contributed by atoms with E-state index in [-0.39, 0.29) is 22.0 Å². The van der Waals surface area contributed by atoms with Gasteiger partial charge in [0.2, 0.25) is 0 Å². The second-order valence-electron chi connectivity index (χ2n) is 4.73. The van der Waals surface area contributed by atoms with Crippen molar-refractivity contribution in [3.05, 3.63) is 58.9 Å². The first-order valence-electron chi connectivity index (χ1n) is 6.70. The van der Waals surface area contributed by atoms with Crippen LogP contribution in [0.2, 0.25) is 5.02 Å². The third kappa shape index (κ3) is 4.20.